The predicted molar refractivity (Wildman–Crippen MR) is 110 cm³/mol. The second-order valence-corrected chi connectivity index (χ2v) is 8.01. The van der Waals surface area contributed by atoms with Gasteiger partial charge in [-0.1, -0.05) is 53.9 Å². The van der Waals surface area contributed by atoms with Crippen molar-refractivity contribution in [3.8, 4) is 0 Å². The lowest BCUT2D eigenvalue weighted by atomic mass is 10.2. The summed E-state index contributed by atoms with van der Waals surface area (Å²) in [6, 6.07) is 12.8. The van der Waals surface area contributed by atoms with Gasteiger partial charge >= 0.3 is 5.69 Å². The van der Waals surface area contributed by atoms with Gasteiger partial charge in [0.05, 0.1) is 30.2 Å². The highest BCUT2D eigenvalue weighted by atomic mass is 79.9. The maximum Gasteiger partial charge on any atom is 0.365 e. The molecular formula is C18H13Br2N5O3. The third kappa shape index (κ3) is 3.52. The molecule has 142 valence electrons. The van der Waals surface area contributed by atoms with E-state index < -0.39 is 11.2 Å². The lowest BCUT2D eigenvalue weighted by Gasteiger charge is -2.09. The molecule has 4 aromatic rings. The van der Waals surface area contributed by atoms with E-state index in [9.17, 15) is 14.8 Å². The summed E-state index contributed by atoms with van der Waals surface area (Å²) in [5.41, 5.74) is 0.391. The number of benzene rings is 2. The van der Waals surface area contributed by atoms with Crippen molar-refractivity contribution in [2.75, 3.05) is 0 Å². The van der Waals surface area contributed by atoms with E-state index in [2.05, 4.69) is 42.2 Å². The maximum absolute atomic E-state index is 12.4. The molecule has 0 amide bonds. The molecule has 0 saturated carbocycles. The van der Waals surface area contributed by atoms with Crippen LogP contribution in [0.5, 0.6) is 0 Å². The Morgan fingerprint density at radius 2 is 1.68 bits per heavy atom. The van der Waals surface area contributed by atoms with E-state index >= 15 is 0 Å². The summed E-state index contributed by atoms with van der Waals surface area (Å²) in [6.45, 7) is 0.598. The van der Waals surface area contributed by atoms with Crippen LogP contribution in [0.3, 0.4) is 0 Å². The van der Waals surface area contributed by atoms with Gasteiger partial charge in [-0.3, -0.25) is 9.36 Å². The lowest BCUT2D eigenvalue weighted by molar-refractivity contribution is 0.158. The molecule has 0 atom stereocenters. The van der Waals surface area contributed by atoms with E-state index in [0.717, 1.165) is 10.0 Å². The molecule has 0 saturated heterocycles. The first-order valence-corrected chi connectivity index (χ1v) is 9.79. The minimum Gasteiger partial charge on any atom is -0.421 e. The van der Waals surface area contributed by atoms with Crippen molar-refractivity contribution in [1.82, 2.24) is 24.3 Å². The Morgan fingerprint density at radius 1 is 0.964 bits per heavy atom. The van der Waals surface area contributed by atoms with Gasteiger partial charge < -0.3 is 5.21 Å². The Morgan fingerprint density at radius 3 is 2.43 bits per heavy atom. The first-order chi connectivity index (χ1) is 13.4. The zero-order valence-electron chi connectivity index (χ0n) is 14.3. The van der Waals surface area contributed by atoms with Crippen LogP contribution in [0.15, 0.2) is 67.2 Å². The summed E-state index contributed by atoms with van der Waals surface area (Å²) in [7, 11) is 0. The highest BCUT2D eigenvalue weighted by molar-refractivity contribution is 9.10. The molecule has 2 heterocycles. The number of hydrogen-bond acceptors (Lipinski definition) is 5. The zero-order chi connectivity index (χ0) is 19.8. The summed E-state index contributed by atoms with van der Waals surface area (Å²) in [4.78, 5) is 24.6. The SMILES string of the molecule is O=c1c2cc(Br)ccc2n(Cc2cn(Cc3ccc(Br)cc3)nn2)c(=O)n1O. The van der Waals surface area contributed by atoms with Crippen molar-refractivity contribution in [2.24, 2.45) is 0 Å². The molecule has 0 aliphatic heterocycles. The number of hydrogen-bond donors (Lipinski definition) is 1. The Labute approximate surface area is 174 Å². The fourth-order valence-corrected chi connectivity index (χ4v) is 3.54. The van der Waals surface area contributed by atoms with Crippen LogP contribution in [0.1, 0.15) is 11.3 Å². The molecule has 0 aliphatic rings. The fourth-order valence-electron chi connectivity index (χ4n) is 2.91. The molecule has 28 heavy (non-hydrogen) atoms. The quantitative estimate of drug-likeness (QED) is 0.429. The smallest absolute Gasteiger partial charge is 0.365 e. The highest BCUT2D eigenvalue weighted by Gasteiger charge is 2.14. The van der Waals surface area contributed by atoms with Gasteiger partial charge in [-0.2, -0.15) is 0 Å². The molecule has 8 nitrogen and oxygen atoms in total. The van der Waals surface area contributed by atoms with Crippen LogP contribution < -0.4 is 11.2 Å². The Bertz CT molecular complexity index is 1290. The van der Waals surface area contributed by atoms with Crippen LogP contribution >= 0.6 is 31.9 Å². The summed E-state index contributed by atoms with van der Waals surface area (Å²) < 4.78 is 4.73. The van der Waals surface area contributed by atoms with Gasteiger partial charge in [0, 0.05) is 8.95 Å². The molecule has 2 aromatic carbocycles. The lowest BCUT2D eigenvalue weighted by Crippen LogP contribution is -2.39. The maximum atomic E-state index is 12.4. The van der Waals surface area contributed by atoms with Gasteiger partial charge in [-0.05, 0) is 35.9 Å². The second-order valence-electron chi connectivity index (χ2n) is 6.18. The molecule has 0 spiro atoms. The van der Waals surface area contributed by atoms with Crippen LogP contribution in [0, 0.1) is 0 Å². The molecular weight excluding hydrogens is 494 g/mol. The van der Waals surface area contributed by atoms with Crippen LogP contribution in [0.2, 0.25) is 0 Å². The minimum absolute atomic E-state index is 0.0676. The van der Waals surface area contributed by atoms with Crippen molar-refractivity contribution in [3.63, 3.8) is 0 Å². The van der Waals surface area contributed by atoms with E-state index in [4.69, 9.17) is 0 Å². The molecule has 10 heteroatoms. The second kappa shape index (κ2) is 7.36. The Balaban J connectivity index is 1.69. The van der Waals surface area contributed by atoms with Crippen LogP contribution in [0.25, 0.3) is 10.9 Å². The first-order valence-electron chi connectivity index (χ1n) is 8.20. The molecule has 0 unspecified atom stereocenters. The van der Waals surface area contributed by atoms with Gasteiger partial charge in [0.1, 0.15) is 5.69 Å². The molecule has 0 aliphatic carbocycles. The van der Waals surface area contributed by atoms with Crippen LogP contribution in [-0.4, -0.2) is 29.5 Å². The normalized spacial score (nSPS) is 11.2. The topological polar surface area (TPSA) is 94.9 Å². The third-order valence-corrected chi connectivity index (χ3v) is 5.27. The first kappa shape index (κ1) is 18.6. The average Bonchev–Trinajstić information content (AvgIpc) is 3.12. The number of nitrogens with zero attached hydrogens (tertiary/aromatic N) is 5. The minimum atomic E-state index is -0.831. The van der Waals surface area contributed by atoms with Crippen molar-refractivity contribution >= 4 is 42.8 Å². The summed E-state index contributed by atoms with van der Waals surface area (Å²) in [5, 5.41) is 18.3. The summed E-state index contributed by atoms with van der Waals surface area (Å²) in [5.74, 6) is 0. The van der Waals surface area contributed by atoms with Crippen molar-refractivity contribution in [3.05, 3.63) is 89.7 Å². The van der Waals surface area contributed by atoms with E-state index in [0.29, 0.717) is 22.2 Å². The predicted octanol–water partition coefficient (Wildman–Crippen LogP) is 2.61. The van der Waals surface area contributed by atoms with Gasteiger partial charge in [-0.25, -0.2) is 9.48 Å². The standard InChI is InChI=1S/C18H13Br2N5O3/c19-12-3-1-11(2-4-12)8-23-9-14(21-22-23)10-24-16-6-5-13(20)7-15(16)17(26)25(28)18(24)27/h1-7,9,28H,8,10H2. The van der Waals surface area contributed by atoms with Gasteiger partial charge in [0.25, 0.3) is 5.56 Å². The number of rotatable bonds is 4. The molecule has 0 fully saturated rings. The average molecular weight is 507 g/mol. The Kier molecular flexibility index (Phi) is 4.90. The largest absolute Gasteiger partial charge is 0.421 e. The van der Waals surface area contributed by atoms with E-state index in [1.165, 1.54) is 4.57 Å². The molecule has 2 aromatic heterocycles. The monoisotopic (exact) mass is 505 g/mol. The summed E-state index contributed by atoms with van der Waals surface area (Å²) in [6.07, 6.45) is 1.73. The summed E-state index contributed by atoms with van der Waals surface area (Å²) >= 11 is 6.69. The molecule has 0 bridgehead atoms. The van der Waals surface area contributed by atoms with Crippen molar-refractivity contribution < 1.29 is 5.21 Å². The number of fused-ring (bicyclic) bond motifs is 1. The van der Waals surface area contributed by atoms with Crippen LogP contribution in [-0.2, 0) is 13.1 Å². The number of aromatic nitrogens is 5. The van der Waals surface area contributed by atoms with Gasteiger partial charge in [0.2, 0.25) is 0 Å². The number of halogens is 2. The molecule has 0 radical (unpaired) electrons. The third-order valence-electron chi connectivity index (χ3n) is 4.25. The van der Waals surface area contributed by atoms with Crippen molar-refractivity contribution in [1.29, 1.82) is 0 Å². The highest BCUT2D eigenvalue weighted by Crippen LogP contribution is 2.17. The molecule has 4 rings (SSSR count). The zero-order valence-corrected chi connectivity index (χ0v) is 17.5. The van der Waals surface area contributed by atoms with E-state index in [1.54, 1.807) is 29.1 Å². The van der Waals surface area contributed by atoms with Crippen LogP contribution in [0.4, 0.5) is 0 Å². The molecule has 1 N–H and O–H groups in total. The fraction of sp³-hybridized carbons (Fsp3) is 0.111. The van der Waals surface area contributed by atoms with Crippen molar-refractivity contribution in [2.45, 2.75) is 13.1 Å². The van der Waals surface area contributed by atoms with Gasteiger partial charge in [-0.15, -0.1) is 5.10 Å². The van der Waals surface area contributed by atoms with E-state index in [-0.39, 0.29) is 16.7 Å². The van der Waals surface area contributed by atoms with Gasteiger partial charge in [0.15, 0.2) is 0 Å². The van der Waals surface area contributed by atoms with E-state index in [1.807, 2.05) is 24.3 Å². The Hall–Kier alpha value is -2.72.